The van der Waals surface area contributed by atoms with Crippen molar-refractivity contribution in [3.63, 3.8) is 0 Å². The molecule has 0 aromatic heterocycles. The third-order valence-electron chi connectivity index (χ3n) is 4.53. The molecule has 0 unspecified atom stereocenters. The van der Waals surface area contributed by atoms with Gasteiger partial charge in [0.2, 0.25) is 10.0 Å². The van der Waals surface area contributed by atoms with E-state index in [1.54, 1.807) is 10.4 Å². The van der Waals surface area contributed by atoms with Crippen LogP contribution in [0.2, 0.25) is 0 Å². The Bertz CT molecular complexity index is 615. The van der Waals surface area contributed by atoms with E-state index < -0.39 is 10.0 Å². The summed E-state index contributed by atoms with van der Waals surface area (Å²) in [6.07, 6.45) is 2.88. The van der Waals surface area contributed by atoms with Gasteiger partial charge in [-0.05, 0) is 63.3 Å². The van der Waals surface area contributed by atoms with Gasteiger partial charge in [0, 0.05) is 12.1 Å². The number of piperidine rings is 1. The van der Waals surface area contributed by atoms with E-state index >= 15 is 0 Å². The first-order valence-electron chi connectivity index (χ1n) is 7.53. The molecule has 1 heterocycles. The van der Waals surface area contributed by atoms with Crippen LogP contribution in [0.4, 0.5) is 0 Å². The topological polar surface area (TPSA) is 57.6 Å². The van der Waals surface area contributed by atoms with Crippen molar-refractivity contribution < 1.29 is 13.5 Å². The van der Waals surface area contributed by atoms with E-state index in [-0.39, 0.29) is 18.7 Å². The van der Waals surface area contributed by atoms with Crippen molar-refractivity contribution in [1.82, 2.24) is 4.31 Å². The minimum Gasteiger partial charge on any atom is -0.392 e. The predicted octanol–water partition coefficient (Wildman–Crippen LogP) is 2.75. The zero-order valence-electron chi connectivity index (χ0n) is 13.3. The SMILES string of the molecule is Cc1cc(CO)cc(S(=O)(=O)N2[C@H](C)CCC[C@@H]2C)c1C. The molecule has 1 aromatic carbocycles. The van der Waals surface area contributed by atoms with Crippen molar-refractivity contribution in [3.05, 3.63) is 28.8 Å². The fourth-order valence-corrected chi connectivity index (χ4v) is 5.48. The standard InChI is InChI=1S/C16H25NO3S/c1-11-8-15(10-18)9-16(14(11)4)21(19,20)17-12(2)6-5-7-13(17)3/h8-9,12-13,18H,5-7,10H2,1-4H3/t12-,13+. The lowest BCUT2D eigenvalue weighted by molar-refractivity contribution is 0.204. The summed E-state index contributed by atoms with van der Waals surface area (Å²) >= 11 is 0. The van der Waals surface area contributed by atoms with E-state index in [4.69, 9.17) is 0 Å². The number of benzene rings is 1. The first kappa shape index (κ1) is 16.5. The molecule has 0 bridgehead atoms. The molecule has 4 nitrogen and oxygen atoms in total. The maximum absolute atomic E-state index is 13.1. The minimum atomic E-state index is -3.52. The zero-order chi connectivity index (χ0) is 15.8. The highest BCUT2D eigenvalue weighted by molar-refractivity contribution is 7.89. The maximum atomic E-state index is 13.1. The first-order valence-corrected chi connectivity index (χ1v) is 8.97. The monoisotopic (exact) mass is 311 g/mol. The largest absolute Gasteiger partial charge is 0.392 e. The molecule has 1 aliphatic heterocycles. The third-order valence-corrected chi connectivity index (χ3v) is 6.78. The van der Waals surface area contributed by atoms with Crippen LogP contribution >= 0.6 is 0 Å². The molecule has 0 aliphatic carbocycles. The van der Waals surface area contributed by atoms with Crippen LogP contribution in [-0.2, 0) is 16.6 Å². The number of hydrogen-bond donors (Lipinski definition) is 1. The molecule has 0 radical (unpaired) electrons. The van der Waals surface area contributed by atoms with Crippen molar-refractivity contribution >= 4 is 10.0 Å². The van der Waals surface area contributed by atoms with E-state index in [2.05, 4.69) is 0 Å². The summed E-state index contributed by atoms with van der Waals surface area (Å²) in [4.78, 5) is 0.340. The van der Waals surface area contributed by atoms with Gasteiger partial charge >= 0.3 is 0 Å². The summed E-state index contributed by atoms with van der Waals surface area (Å²) in [5, 5.41) is 9.35. The Morgan fingerprint density at radius 3 is 2.29 bits per heavy atom. The molecule has 1 aliphatic rings. The van der Waals surface area contributed by atoms with Crippen LogP contribution < -0.4 is 0 Å². The van der Waals surface area contributed by atoms with E-state index in [9.17, 15) is 13.5 Å². The Hall–Kier alpha value is -0.910. The molecule has 0 saturated carbocycles. The van der Waals surface area contributed by atoms with E-state index in [0.29, 0.717) is 10.5 Å². The summed E-state index contributed by atoms with van der Waals surface area (Å²) < 4.78 is 27.8. The molecule has 0 spiro atoms. The smallest absolute Gasteiger partial charge is 0.243 e. The van der Waals surface area contributed by atoms with Gasteiger partial charge in [0.05, 0.1) is 11.5 Å². The average molecular weight is 311 g/mol. The van der Waals surface area contributed by atoms with E-state index in [0.717, 1.165) is 30.4 Å². The minimum absolute atomic E-state index is 0.0243. The Balaban J connectivity index is 2.55. The Morgan fingerprint density at radius 2 is 1.76 bits per heavy atom. The summed E-state index contributed by atoms with van der Waals surface area (Å²) in [6, 6.07) is 3.51. The number of aliphatic hydroxyl groups excluding tert-OH is 1. The fourth-order valence-electron chi connectivity index (χ4n) is 3.24. The van der Waals surface area contributed by atoms with Gasteiger partial charge in [0.1, 0.15) is 0 Å². The number of nitrogens with zero attached hydrogens (tertiary/aromatic N) is 1. The lowest BCUT2D eigenvalue weighted by Gasteiger charge is -2.38. The summed E-state index contributed by atoms with van der Waals surface area (Å²) in [7, 11) is -3.52. The Morgan fingerprint density at radius 1 is 1.19 bits per heavy atom. The zero-order valence-corrected chi connectivity index (χ0v) is 14.1. The van der Waals surface area contributed by atoms with Crippen molar-refractivity contribution in [3.8, 4) is 0 Å². The molecule has 2 atom stereocenters. The predicted molar refractivity (Wildman–Crippen MR) is 83.6 cm³/mol. The van der Waals surface area contributed by atoms with Crippen LogP contribution in [0, 0.1) is 13.8 Å². The lowest BCUT2D eigenvalue weighted by Crippen LogP contribution is -2.47. The van der Waals surface area contributed by atoms with Gasteiger partial charge < -0.3 is 5.11 Å². The van der Waals surface area contributed by atoms with Gasteiger partial charge in [0.25, 0.3) is 0 Å². The molecule has 1 fully saturated rings. The van der Waals surface area contributed by atoms with E-state index in [1.165, 1.54) is 0 Å². The van der Waals surface area contributed by atoms with Crippen LogP contribution in [0.1, 0.15) is 49.8 Å². The highest BCUT2D eigenvalue weighted by Crippen LogP contribution is 2.32. The maximum Gasteiger partial charge on any atom is 0.243 e. The van der Waals surface area contributed by atoms with Gasteiger partial charge in [-0.25, -0.2) is 8.42 Å². The Kier molecular flexibility index (Phi) is 4.76. The summed E-state index contributed by atoms with van der Waals surface area (Å²) in [5.74, 6) is 0. The quantitative estimate of drug-likeness (QED) is 0.934. The van der Waals surface area contributed by atoms with Crippen LogP contribution in [0.5, 0.6) is 0 Å². The number of sulfonamides is 1. The number of aliphatic hydroxyl groups is 1. The molecule has 2 rings (SSSR count). The second-order valence-corrected chi connectivity index (χ2v) is 7.97. The molecule has 1 N–H and O–H groups in total. The number of rotatable bonds is 3. The highest BCUT2D eigenvalue weighted by atomic mass is 32.2. The number of hydrogen-bond acceptors (Lipinski definition) is 3. The van der Waals surface area contributed by atoms with Crippen molar-refractivity contribution in [1.29, 1.82) is 0 Å². The van der Waals surface area contributed by atoms with Gasteiger partial charge in [0.15, 0.2) is 0 Å². The normalized spacial score (nSPS) is 24.2. The fraction of sp³-hybridized carbons (Fsp3) is 0.625. The van der Waals surface area contributed by atoms with Crippen molar-refractivity contribution in [2.45, 2.75) is 70.5 Å². The van der Waals surface area contributed by atoms with E-state index in [1.807, 2.05) is 33.8 Å². The van der Waals surface area contributed by atoms with Gasteiger partial charge in [-0.3, -0.25) is 0 Å². The van der Waals surface area contributed by atoms with Crippen molar-refractivity contribution in [2.75, 3.05) is 0 Å². The molecular weight excluding hydrogens is 286 g/mol. The molecule has 0 amide bonds. The second kappa shape index (κ2) is 6.07. The Labute approximate surface area is 127 Å². The highest BCUT2D eigenvalue weighted by Gasteiger charge is 2.36. The van der Waals surface area contributed by atoms with Crippen LogP contribution in [-0.4, -0.2) is 29.9 Å². The first-order chi connectivity index (χ1) is 9.78. The molecule has 118 valence electrons. The van der Waals surface area contributed by atoms with Crippen LogP contribution in [0.3, 0.4) is 0 Å². The van der Waals surface area contributed by atoms with Gasteiger partial charge in [-0.15, -0.1) is 0 Å². The second-order valence-electron chi connectivity index (χ2n) is 6.16. The van der Waals surface area contributed by atoms with Gasteiger partial charge in [-0.1, -0.05) is 12.5 Å². The van der Waals surface area contributed by atoms with Crippen LogP contribution in [0.15, 0.2) is 17.0 Å². The molecule has 5 heteroatoms. The van der Waals surface area contributed by atoms with Crippen molar-refractivity contribution in [2.24, 2.45) is 0 Å². The lowest BCUT2D eigenvalue weighted by atomic mass is 10.0. The third kappa shape index (κ3) is 3.00. The summed E-state index contributed by atoms with van der Waals surface area (Å²) in [5.41, 5.74) is 2.32. The summed E-state index contributed by atoms with van der Waals surface area (Å²) in [6.45, 7) is 7.53. The molecule has 1 saturated heterocycles. The van der Waals surface area contributed by atoms with Crippen LogP contribution in [0.25, 0.3) is 0 Å². The molecule has 1 aromatic rings. The molecular formula is C16H25NO3S. The number of aryl methyl sites for hydroxylation is 1. The average Bonchev–Trinajstić information content (AvgIpc) is 2.41. The van der Waals surface area contributed by atoms with Gasteiger partial charge in [-0.2, -0.15) is 4.31 Å². The molecule has 21 heavy (non-hydrogen) atoms.